The number of benzene rings is 2. The van der Waals surface area contributed by atoms with E-state index in [2.05, 4.69) is 10.3 Å². The van der Waals surface area contributed by atoms with Gasteiger partial charge >= 0.3 is 0 Å². The van der Waals surface area contributed by atoms with Gasteiger partial charge in [0.25, 0.3) is 5.91 Å². The van der Waals surface area contributed by atoms with Crippen molar-refractivity contribution in [2.24, 2.45) is 0 Å². The minimum atomic E-state index is -0.290. The molecule has 0 atom stereocenters. The quantitative estimate of drug-likeness (QED) is 0.737. The van der Waals surface area contributed by atoms with Gasteiger partial charge in [-0.1, -0.05) is 18.2 Å². The summed E-state index contributed by atoms with van der Waals surface area (Å²) in [6, 6.07) is 15.5. The minimum absolute atomic E-state index is 0.173. The molecule has 0 unspecified atom stereocenters. The average molecular weight is 338 g/mol. The van der Waals surface area contributed by atoms with Crippen molar-refractivity contribution < 1.29 is 13.9 Å². The van der Waals surface area contributed by atoms with Crippen molar-refractivity contribution in [1.82, 2.24) is 10.3 Å². The summed E-state index contributed by atoms with van der Waals surface area (Å²) in [5.41, 5.74) is 3.84. The average Bonchev–Trinajstić information content (AvgIpc) is 3.02. The molecule has 1 amide bonds. The lowest BCUT2D eigenvalue weighted by molar-refractivity contribution is 0.0950. The number of aromatic nitrogens is 1. The predicted octanol–water partition coefficient (Wildman–Crippen LogP) is 4.07. The number of ether oxygens (including phenoxy) is 1. The smallest absolute Gasteiger partial charge is 0.253 e. The van der Waals surface area contributed by atoms with Crippen molar-refractivity contribution in [3.8, 4) is 17.0 Å². The molecule has 0 aliphatic carbocycles. The van der Waals surface area contributed by atoms with Gasteiger partial charge in [0, 0.05) is 23.5 Å². The summed E-state index contributed by atoms with van der Waals surface area (Å²) in [4.78, 5) is 15.7. The first kappa shape index (κ1) is 16.8. The van der Waals surface area contributed by atoms with Gasteiger partial charge < -0.3 is 15.0 Å². The Labute approximate surface area is 145 Å². The lowest BCUT2D eigenvalue weighted by atomic mass is 10.1. The van der Waals surface area contributed by atoms with Gasteiger partial charge in [-0.15, -0.1) is 0 Å². The van der Waals surface area contributed by atoms with Crippen LogP contribution < -0.4 is 10.1 Å². The monoisotopic (exact) mass is 338 g/mol. The molecule has 4 nitrogen and oxygen atoms in total. The third-order valence-corrected chi connectivity index (χ3v) is 4.05. The maximum Gasteiger partial charge on any atom is 0.253 e. The van der Waals surface area contributed by atoms with E-state index in [1.54, 1.807) is 25.3 Å². The topological polar surface area (TPSA) is 54.1 Å². The molecular weight excluding hydrogens is 319 g/mol. The Kier molecular flexibility index (Phi) is 4.84. The molecule has 0 aliphatic heterocycles. The van der Waals surface area contributed by atoms with E-state index in [4.69, 9.17) is 4.74 Å². The van der Waals surface area contributed by atoms with Crippen LogP contribution in [0.3, 0.4) is 0 Å². The third-order valence-electron chi connectivity index (χ3n) is 4.05. The first-order chi connectivity index (χ1) is 12.1. The Bertz CT molecular complexity index is 885. The zero-order valence-corrected chi connectivity index (χ0v) is 14.1. The fourth-order valence-corrected chi connectivity index (χ4v) is 2.70. The van der Waals surface area contributed by atoms with E-state index in [1.165, 1.54) is 12.1 Å². The highest BCUT2D eigenvalue weighted by atomic mass is 19.1. The Morgan fingerprint density at radius 1 is 1.16 bits per heavy atom. The van der Waals surface area contributed by atoms with Crippen molar-refractivity contribution in [1.29, 1.82) is 0 Å². The SMILES string of the molecule is COc1ccccc1CNC(=O)c1cc(-c2ccc(F)cc2)[nH]c1C. The van der Waals surface area contributed by atoms with Crippen LogP contribution in [0.4, 0.5) is 4.39 Å². The summed E-state index contributed by atoms with van der Waals surface area (Å²) in [6.07, 6.45) is 0. The van der Waals surface area contributed by atoms with Gasteiger partial charge in [-0.2, -0.15) is 0 Å². The summed E-state index contributed by atoms with van der Waals surface area (Å²) in [5, 5.41) is 2.91. The molecule has 2 N–H and O–H groups in total. The number of nitrogens with one attached hydrogen (secondary N) is 2. The number of halogens is 1. The Morgan fingerprint density at radius 3 is 2.60 bits per heavy atom. The summed E-state index contributed by atoms with van der Waals surface area (Å²) in [7, 11) is 1.60. The van der Waals surface area contributed by atoms with Crippen molar-refractivity contribution in [3.63, 3.8) is 0 Å². The highest BCUT2D eigenvalue weighted by molar-refractivity contribution is 5.96. The molecule has 3 rings (SSSR count). The van der Waals surface area contributed by atoms with Gasteiger partial charge in [0.1, 0.15) is 11.6 Å². The Hall–Kier alpha value is -3.08. The number of rotatable bonds is 5. The van der Waals surface area contributed by atoms with Crippen molar-refractivity contribution >= 4 is 5.91 Å². The second-order valence-electron chi connectivity index (χ2n) is 5.72. The number of amides is 1. The van der Waals surface area contributed by atoms with Gasteiger partial charge in [0.2, 0.25) is 0 Å². The molecule has 0 spiro atoms. The number of aromatic amines is 1. The number of carbonyl (C=O) groups is 1. The molecule has 5 heteroatoms. The lowest BCUT2D eigenvalue weighted by Gasteiger charge is -2.09. The molecule has 1 aromatic heterocycles. The zero-order chi connectivity index (χ0) is 17.8. The normalized spacial score (nSPS) is 10.5. The Morgan fingerprint density at radius 2 is 1.88 bits per heavy atom. The van der Waals surface area contributed by atoms with Crippen LogP contribution in [0.15, 0.2) is 54.6 Å². The van der Waals surface area contributed by atoms with E-state index in [0.29, 0.717) is 12.1 Å². The summed E-state index contributed by atoms with van der Waals surface area (Å²) in [6.45, 7) is 2.21. The molecule has 0 aliphatic rings. The van der Waals surface area contributed by atoms with E-state index >= 15 is 0 Å². The molecule has 128 valence electrons. The van der Waals surface area contributed by atoms with Gasteiger partial charge in [0.05, 0.1) is 12.7 Å². The van der Waals surface area contributed by atoms with Crippen LogP contribution in [0.5, 0.6) is 5.75 Å². The zero-order valence-electron chi connectivity index (χ0n) is 14.1. The number of methoxy groups -OCH3 is 1. The Balaban J connectivity index is 1.75. The summed E-state index contributed by atoms with van der Waals surface area (Å²) >= 11 is 0. The standard InChI is InChI=1S/C20H19FN2O2/c1-13-17(11-18(23-13)14-7-9-16(21)10-8-14)20(24)22-12-15-5-3-4-6-19(15)25-2/h3-11,23H,12H2,1-2H3,(H,22,24). The van der Waals surface area contributed by atoms with E-state index in [-0.39, 0.29) is 11.7 Å². The number of carbonyl (C=O) groups excluding carboxylic acids is 1. The molecule has 0 bridgehead atoms. The van der Waals surface area contributed by atoms with Crippen LogP contribution in [-0.4, -0.2) is 18.0 Å². The van der Waals surface area contributed by atoms with Crippen LogP contribution in [0, 0.1) is 12.7 Å². The first-order valence-electron chi connectivity index (χ1n) is 7.94. The number of hydrogen-bond donors (Lipinski definition) is 2. The second-order valence-corrected chi connectivity index (χ2v) is 5.72. The summed E-state index contributed by atoms with van der Waals surface area (Å²) in [5.74, 6) is 0.274. The van der Waals surface area contributed by atoms with E-state index in [1.807, 2.05) is 31.2 Å². The maximum absolute atomic E-state index is 13.1. The highest BCUT2D eigenvalue weighted by Crippen LogP contribution is 2.22. The van der Waals surface area contributed by atoms with Crippen LogP contribution >= 0.6 is 0 Å². The fourth-order valence-electron chi connectivity index (χ4n) is 2.70. The van der Waals surface area contributed by atoms with Crippen molar-refractivity contribution in [3.05, 3.63) is 77.2 Å². The van der Waals surface area contributed by atoms with Crippen LogP contribution in [-0.2, 0) is 6.54 Å². The maximum atomic E-state index is 13.1. The number of hydrogen-bond acceptors (Lipinski definition) is 2. The first-order valence-corrected chi connectivity index (χ1v) is 7.94. The van der Waals surface area contributed by atoms with Crippen LogP contribution in [0.2, 0.25) is 0 Å². The molecule has 0 saturated heterocycles. The van der Waals surface area contributed by atoms with E-state index in [9.17, 15) is 9.18 Å². The molecule has 1 heterocycles. The van der Waals surface area contributed by atoms with Gasteiger partial charge in [0.15, 0.2) is 0 Å². The molecule has 0 radical (unpaired) electrons. The number of H-pyrrole nitrogens is 1. The highest BCUT2D eigenvalue weighted by Gasteiger charge is 2.14. The minimum Gasteiger partial charge on any atom is -0.496 e. The van der Waals surface area contributed by atoms with Gasteiger partial charge in [-0.05, 0) is 48.9 Å². The van der Waals surface area contributed by atoms with E-state index in [0.717, 1.165) is 28.3 Å². The molecule has 0 fully saturated rings. The van der Waals surface area contributed by atoms with E-state index < -0.39 is 0 Å². The molecule has 25 heavy (non-hydrogen) atoms. The van der Waals surface area contributed by atoms with Gasteiger partial charge in [-0.3, -0.25) is 4.79 Å². The second kappa shape index (κ2) is 7.21. The van der Waals surface area contributed by atoms with Crippen molar-refractivity contribution in [2.75, 3.05) is 7.11 Å². The number of aryl methyl sites for hydroxylation is 1. The predicted molar refractivity (Wildman–Crippen MR) is 95.1 cm³/mol. The molecule has 0 saturated carbocycles. The lowest BCUT2D eigenvalue weighted by Crippen LogP contribution is -2.23. The molecule has 3 aromatic rings. The molecule has 2 aromatic carbocycles. The summed E-state index contributed by atoms with van der Waals surface area (Å²) < 4.78 is 18.3. The van der Waals surface area contributed by atoms with Crippen molar-refractivity contribution in [2.45, 2.75) is 13.5 Å². The van der Waals surface area contributed by atoms with Crippen LogP contribution in [0.25, 0.3) is 11.3 Å². The number of para-hydroxylation sites is 1. The fraction of sp³-hybridized carbons (Fsp3) is 0.150. The van der Waals surface area contributed by atoms with Gasteiger partial charge in [-0.25, -0.2) is 4.39 Å². The largest absolute Gasteiger partial charge is 0.496 e. The van der Waals surface area contributed by atoms with Crippen LogP contribution in [0.1, 0.15) is 21.6 Å². The molecular formula is C20H19FN2O2. The third kappa shape index (κ3) is 3.71.